The van der Waals surface area contributed by atoms with Crippen molar-refractivity contribution < 1.29 is 0 Å². The van der Waals surface area contributed by atoms with Crippen molar-refractivity contribution in [2.24, 2.45) is 7.05 Å². The van der Waals surface area contributed by atoms with Gasteiger partial charge in [0.25, 0.3) is 0 Å². The Kier molecular flexibility index (Phi) is 2.48. The zero-order chi connectivity index (χ0) is 11.7. The number of allylic oxidation sites excluding steroid dienone is 1. The van der Waals surface area contributed by atoms with Gasteiger partial charge in [-0.25, -0.2) is 0 Å². The molecular formula is C13H14N4. The Labute approximate surface area is 100 Å². The SMILES string of the molecule is Cn1cc(C=C2CCCc3nccnc32)cn1. The highest BCUT2D eigenvalue weighted by Gasteiger charge is 2.15. The van der Waals surface area contributed by atoms with Crippen LogP contribution in [0.15, 0.2) is 24.8 Å². The molecule has 3 rings (SSSR count). The maximum atomic E-state index is 4.45. The van der Waals surface area contributed by atoms with Gasteiger partial charge in [0, 0.05) is 31.2 Å². The van der Waals surface area contributed by atoms with E-state index in [1.165, 1.54) is 5.57 Å². The van der Waals surface area contributed by atoms with E-state index in [2.05, 4.69) is 21.1 Å². The zero-order valence-corrected chi connectivity index (χ0v) is 9.80. The van der Waals surface area contributed by atoms with Crippen LogP contribution in [0.1, 0.15) is 29.8 Å². The maximum Gasteiger partial charge on any atom is 0.0877 e. The Morgan fingerprint density at radius 1 is 1.24 bits per heavy atom. The Morgan fingerprint density at radius 3 is 2.94 bits per heavy atom. The second-order valence-corrected chi connectivity index (χ2v) is 4.32. The molecule has 0 aliphatic heterocycles. The topological polar surface area (TPSA) is 43.6 Å². The summed E-state index contributed by atoms with van der Waals surface area (Å²) in [5.41, 5.74) is 4.57. The second-order valence-electron chi connectivity index (χ2n) is 4.32. The fourth-order valence-electron chi connectivity index (χ4n) is 2.24. The lowest BCUT2D eigenvalue weighted by Gasteiger charge is -2.16. The molecule has 2 aromatic rings. The van der Waals surface area contributed by atoms with E-state index < -0.39 is 0 Å². The number of rotatable bonds is 1. The van der Waals surface area contributed by atoms with Crippen LogP contribution in [0.4, 0.5) is 0 Å². The highest BCUT2D eigenvalue weighted by Crippen LogP contribution is 2.29. The van der Waals surface area contributed by atoms with Gasteiger partial charge in [-0.1, -0.05) is 0 Å². The molecule has 0 unspecified atom stereocenters. The largest absolute Gasteiger partial charge is 0.275 e. The van der Waals surface area contributed by atoms with Crippen LogP contribution in [0, 0.1) is 0 Å². The van der Waals surface area contributed by atoms with E-state index in [0.717, 1.165) is 36.2 Å². The van der Waals surface area contributed by atoms with E-state index in [1.807, 2.05) is 24.1 Å². The minimum absolute atomic E-state index is 1.04. The van der Waals surface area contributed by atoms with Crippen molar-refractivity contribution >= 4 is 11.6 Å². The molecule has 0 saturated carbocycles. The van der Waals surface area contributed by atoms with Crippen LogP contribution in [0.25, 0.3) is 11.6 Å². The third-order valence-electron chi connectivity index (χ3n) is 3.00. The average molecular weight is 226 g/mol. The molecule has 17 heavy (non-hydrogen) atoms. The Bertz CT molecular complexity index is 568. The number of nitrogens with zero attached hydrogens (tertiary/aromatic N) is 4. The number of hydrogen-bond donors (Lipinski definition) is 0. The van der Waals surface area contributed by atoms with Crippen LogP contribution in [-0.4, -0.2) is 19.7 Å². The minimum atomic E-state index is 1.04. The summed E-state index contributed by atoms with van der Waals surface area (Å²) >= 11 is 0. The third kappa shape index (κ3) is 1.98. The van der Waals surface area contributed by atoms with Crippen molar-refractivity contribution in [3.63, 3.8) is 0 Å². The predicted molar refractivity (Wildman–Crippen MR) is 66.0 cm³/mol. The smallest absolute Gasteiger partial charge is 0.0877 e. The standard InChI is InChI=1S/C13H14N4/c1-17-9-10(8-16-17)7-11-3-2-4-12-13(11)15-6-5-14-12/h5-9H,2-4H2,1H3. The van der Waals surface area contributed by atoms with Crippen LogP contribution in [0.5, 0.6) is 0 Å². The highest BCUT2D eigenvalue weighted by molar-refractivity contribution is 5.81. The van der Waals surface area contributed by atoms with E-state index in [-0.39, 0.29) is 0 Å². The van der Waals surface area contributed by atoms with E-state index >= 15 is 0 Å². The predicted octanol–water partition coefficient (Wildman–Crippen LogP) is 2.09. The second kappa shape index (κ2) is 4.13. The van der Waals surface area contributed by atoms with Gasteiger partial charge in [-0.2, -0.15) is 5.10 Å². The lowest BCUT2D eigenvalue weighted by Crippen LogP contribution is -2.06. The van der Waals surface area contributed by atoms with Crippen molar-refractivity contribution in [3.05, 3.63) is 41.7 Å². The first-order valence-corrected chi connectivity index (χ1v) is 5.82. The van der Waals surface area contributed by atoms with Crippen LogP contribution in [0.2, 0.25) is 0 Å². The van der Waals surface area contributed by atoms with Crippen molar-refractivity contribution in [2.45, 2.75) is 19.3 Å². The molecule has 0 bridgehead atoms. The lowest BCUT2D eigenvalue weighted by molar-refractivity contribution is 0.767. The van der Waals surface area contributed by atoms with Gasteiger partial charge in [-0.05, 0) is 30.9 Å². The molecule has 0 spiro atoms. The van der Waals surface area contributed by atoms with Gasteiger partial charge in [-0.15, -0.1) is 0 Å². The molecule has 0 fully saturated rings. The number of fused-ring (bicyclic) bond motifs is 1. The number of aromatic nitrogens is 4. The summed E-state index contributed by atoms with van der Waals surface area (Å²) in [6.07, 6.45) is 12.8. The molecule has 2 heterocycles. The van der Waals surface area contributed by atoms with Gasteiger partial charge < -0.3 is 0 Å². The summed E-state index contributed by atoms with van der Waals surface area (Å²) in [7, 11) is 1.93. The first kappa shape index (κ1) is 10.2. The van der Waals surface area contributed by atoms with E-state index in [4.69, 9.17) is 0 Å². The van der Waals surface area contributed by atoms with Gasteiger partial charge in [0.2, 0.25) is 0 Å². The molecular weight excluding hydrogens is 212 g/mol. The van der Waals surface area contributed by atoms with Crippen LogP contribution >= 0.6 is 0 Å². The third-order valence-corrected chi connectivity index (χ3v) is 3.00. The van der Waals surface area contributed by atoms with E-state index in [1.54, 1.807) is 12.4 Å². The Balaban J connectivity index is 2.03. The Morgan fingerprint density at radius 2 is 2.12 bits per heavy atom. The molecule has 0 amide bonds. The molecule has 0 N–H and O–H groups in total. The summed E-state index contributed by atoms with van der Waals surface area (Å²) < 4.78 is 1.81. The van der Waals surface area contributed by atoms with Gasteiger partial charge in [0.05, 0.1) is 17.6 Å². The fourth-order valence-corrected chi connectivity index (χ4v) is 2.24. The molecule has 86 valence electrons. The molecule has 0 saturated heterocycles. The van der Waals surface area contributed by atoms with Crippen molar-refractivity contribution in [3.8, 4) is 0 Å². The maximum absolute atomic E-state index is 4.45. The van der Waals surface area contributed by atoms with Gasteiger partial charge in [-0.3, -0.25) is 14.6 Å². The zero-order valence-electron chi connectivity index (χ0n) is 9.80. The first-order chi connectivity index (χ1) is 8.33. The van der Waals surface area contributed by atoms with Gasteiger partial charge in [0.15, 0.2) is 0 Å². The molecule has 0 aromatic carbocycles. The minimum Gasteiger partial charge on any atom is -0.275 e. The molecule has 2 aromatic heterocycles. The summed E-state index contributed by atoms with van der Waals surface area (Å²) in [6, 6.07) is 0. The molecule has 1 aliphatic carbocycles. The van der Waals surface area contributed by atoms with Crippen LogP contribution in [-0.2, 0) is 13.5 Å². The first-order valence-electron chi connectivity index (χ1n) is 5.82. The summed E-state index contributed by atoms with van der Waals surface area (Å²) in [6.45, 7) is 0. The van der Waals surface area contributed by atoms with Crippen LogP contribution in [0.3, 0.4) is 0 Å². The summed E-state index contributed by atoms with van der Waals surface area (Å²) in [4.78, 5) is 8.84. The van der Waals surface area contributed by atoms with Crippen molar-refractivity contribution in [2.75, 3.05) is 0 Å². The van der Waals surface area contributed by atoms with Gasteiger partial charge in [0.1, 0.15) is 0 Å². The van der Waals surface area contributed by atoms with E-state index in [9.17, 15) is 0 Å². The summed E-state index contributed by atoms with van der Waals surface area (Å²) in [5, 5.41) is 4.17. The average Bonchev–Trinajstić information content (AvgIpc) is 2.75. The van der Waals surface area contributed by atoms with Crippen molar-refractivity contribution in [1.29, 1.82) is 0 Å². The molecule has 4 nitrogen and oxygen atoms in total. The normalized spacial score (nSPS) is 17.1. The lowest BCUT2D eigenvalue weighted by atomic mass is 9.94. The number of aryl methyl sites for hydroxylation is 2. The molecule has 1 aliphatic rings. The van der Waals surface area contributed by atoms with Crippen LogP contribution < -0.4 is 0 Å². The monoisotopic (exact) mass is 226 g/mol. The molecule has 0 atom stereocenters. The van der Waals surface area contributed by atoms with Crippen molar-refractivity contribution in [1.82, 2.24) is 19.7 Å². The molecule has 0 radical (unpaired) electrons. The number of hydrogen-bond acceptors (Lipinski definition) is 3. The van der Waals surface area contributed by atoms with Gasteiger partial charge >= 0.3 is 0 Å². The fraction of sp³-hybridized carbons (Fsp3) is 0.308. The Hall–Kier alpha value is -1.97. The highest BCUT2D eigenvalue weighted by atomic mass is 15.2. The molecule has 4 heteroatoms. The quantitative estimate of drug-likeness (QED) is 0.747. The van der Waals surface area contributed by atoms with E-state index in [0.29, 0.717) is 0 Å². The summed E-state index contributed by atoms with van der Waals surface area (Å²) in [5.74, 6) is 0.